The summed E-state index contributed by atoms with van der Waals surface area (Å²) in [6, 6.07) is 20.5. The molecule has 0 unspecified atom stereocenters. The molecule has 2 aromatic carbocycles. The fourth-order valence-electron chi connectivity index (χ4n) is 3.29. The summed E-state index contributed by atoms with van der Waals surface area (Å²) >= 11 is 0. The second-order valence-corrected chi connectivity index (χ2v) is 6.82. The van der Waals surface area contributed by atoms with Crippen molar-refractivity contribution >= 4 is 5.91 Å². The molecular weight excluding hydrogens is 322 g/mol. The molecule has 0 spiro atoms. The normalized spacial score (nSPS) is 12.0. The number of H-pyrrole nitrogens is 1. The zero-order valence-corrected chi connectivity index (χ0v) is 15.6. The third kappa shape index (κ3) is 4.20. The largest absolute Gasteiger partial charge is 0.340 e. The predicted molar refractivity (Wildman–Crippen MR) is 104 cm³/mol. The van der Waals surface area contributed by atoms with Crippen molar-refractivity contribution in [3.8, 4) is 0 Å². The summed E-state index contributed by atoms with van der Waals surface area (Å²) in [5.41, 5.74) is 5.46. The Morgan fingerprint density at radius 3 is 2.42 bits per heavy atom. The quantitative estimate of drug-likeness (QED) is 0.726. The van der Waals surface area contributed by atoms with Crippen LogP contribution in [0.4, 0.5) is 0 Å². The molecule has 1 atom stereocenters. The molecule has 0 saturated heterocycles. The van der Waals surface area contributed by atoms with Crippen molar-refractivity contribution in [2.75, 3.05) is 7.05 Å². The van der Waals surface area contributed by atoms with Gasteiger partial charge >= 0.3 is 0 Å². The number of hydrogen-bond donors (Lipinski definition) is 1. The summed E-state index contributed by atoms with van der Waals surface area (Å²) in [5.74, 6) is 0.163. The molecule has 0 aliphatic rings. The van der Waals surface area contributed by atoms with E-state index in [1.807, 2.05) is 50.4 Å². The van der Waals surface area contributed by atoms with Crippen molar-refractivity contribution in [3.63, 3.8) is 0 Å². The van der Waals surface area contributed by atoms with E-state index in [2.05, 4.69) is 41.4 Å². The van der Waals surface area contributed by atoms with Crippen LogP contribution in [-0.4, -0.2) is 28.1 Å². The number of nitrogens with one attached hydrogen (secondary N) is 1. The van der Waals surface area contributed by atoms with Crippen LogP contribution >= 0.6 is 0 Å². The van der Waals surface area contributed by atoms with E-state index in [0.29, 0.717) is 13.0 Å². The smallest absolute Gasteiger partial charge is 0.223 e. The lowest BCUT2D eigenvalue weighted by Crippen LogP contribution is -2.28. The van der Waals surface area contributed by atoms with E-state index in [1.54, 1.807) is 4.90 Å². The van der Waals surface area contributed by atoms with Gasteiger partial charge in [0.05, 0.1) is 12.2 Å². The van der Waals surface area contributed by atoms with Gasteiger partial charge in [0.2, 0.25) is 5.91 Å². The topological polar surface area (TPSA) is 49.0 Å². The third-order valence-corrected chi connectivity index (χ3v) is 4.73. The zero-order chi connectivity index (χ0) is 18.5. The lowest BCUT2D eigenvalue weighted by Gasteiger charge is -2.23. The molecule has 0 radical (unpaired) electrons. The Balaban J connectivity index is 1.81. The number of carbonyl (C=O) groups is 1. The highest BCUT2D eigenvalue weighted by Crippen LogP contribution is 2.30. The number of benzene rings is 2. The highest BCUT2D eigenvalue weighted by molar-refractivity contribution is 5.77. The Morgan fingerprint density at radius 2 is 1.77 bits per heavy atom. The number of amides is 1. The predicted octanol–water partition coefficient (Wildman–Crippen LogP) is 4.21. The maximum atomic E-state index is 12.9. The highest BCUT2D eigenvalue weighted by atomic mass is 16.2. The number of carbonyl (C=O) groups excluding carboxylic acids is 1. The van der Waals surface area contributed by atoms with E-state index in [1.165, 1.54) is 16.7 Å². The molecule has 1 N–H and O–H groups in total. The Morgan fingerprint density at radius 1 is 1.08 bits per heavy atom. The van der Waals surface area contributed by atoms with E-state index in [0.717, 1.165) is 11.4 Å². The van der Waals surface area contributed by atoms with Crippen LogP contribution in [0.15, 0.2) is 60.7 Å². The molecule has 1 aromatic heterocycles. The molecule has 134 valence electrons. The fraction of sp³-hybridized carbons (Fsp3) is 0.273. The van der Waals surface area contributed by atoms with Gasteiger partial charge in [0.1, 0.15) is 0 Å². The lowest BCUT2D eigenvalue weighted by molar-refractivity contribution is -0.130. The molecule has 0 aliphatic heterocycles. The van der Waals surface area contributed by atoms with Crippen LogP contribution in [0.5, 0.6) is 0 Å². The van der Waals surface area contributed by atoms with Gasteiger partial charge in [-0.1, -0.05) is 54.6 Å². The van der Waals surface area contributed by atoms with Gasteiger partial charge in [-0.05, 0) is 36.6 Å². The zero-order valence-electron chi connectivity index (χ0n) is 15.6. The summed E-state index contributed by atoms with van der Waals surface area (Å²) in [6.07, 6.45) is 0.439. The minimum atomic E-state index is 0.0493. The number of aromatic amines is 1. The summed E-state index contributed by atoms with van der Waals surface area (Å²) in [7, 11) is 1.84. The Bertz CT molecular complexity index is 870. The van der Waals surface area contributed by atoms with Crippen LogP contribution < -0.4 is 0 Å². The summed E-state index contributed by atoms with van der Waals surface area (Å²) < 4.78 is 0. The molecule has 0 saturated carbocycles. The first-order chi connectivity index (χ1) is 12.5. The summed E-state index contributed by atoms with van der Waals surface area (Å²) in [5, 5.41) is 7.15. The van der Waals surface area contributed by atoms with Gasteiger partial charge in [-0.2, -0.15) is 5.10 Å². The average molecular weight is 347 g/mol. The highest BCUT2D eigenvalue weighted by Gasteiger charge is 2.22. The molecule has 0 aliphatic carbocycles. The fourth-order valence-corrected chi connectivity index (χ4v) is 3.29. The van der Waals surface area contributed by atoms with Gasteiger partial charge < -0.3 is 4.90 Å². The van der Waals surface area contributed by atoms with E-state index >= 15 is 0 Å². The summed E-state index contributed by atoms with van der Waals surface area (Å²) in [6.45, 7) is 4.58. The minimum Gasteiger partial charge on any atom is -0.340 e. The molecule has 1 heterocycles. The number of nitrogens with zero attached hydrogens (tertiary/aromatic N) is 2. The van der Waals surface area contributed by atoms with E-state index in [9.17, 15) is 4.79 Å². The molecular formula is C22H25N3O. The van der Waals surface area contributed by atoms with E-state index in [-0.39, 0.29) is 11.8 Å². The van der Waals surface area contributed by atoms with Crippen LogP contribution in [0.25, 0.3) is 0 Å². The van der Waals surface area contributed by atoms with Crippen molar-refractivity contribution in [2.24, 2.45) is 0 Å². The van der Waals surface area contributed by atoms with E-state index < -0.39 is 0 Å². The van der Waals surface area contributed by atoms with Crippen LogP contribution in [0.2, 0.25) is 0 Å². The molecule has 0 bridgehead atoms. The van der Waals surface area contributed by atoms with Gasteiger partial charge in [0.15, 0.2) is 0 Å². The van der Waals surface area contributed by atoms with Gasteiger partial charge in [-0.3, -0.25) is 9.89 Å². The maximum absolute atomic E-state index is 12.9. The maximum Gasteiger partial charge on any atom is 0.223 e. The van der Waals surface area contributed by atoms with Crippen molar-refractivity contribution < 1.29 is 4.79 Å². The lowest BCUT2D eigenvalue weighted by atomic mass is 9.85. The van der Waals surface area contributed by atoms with Gasteiger partial charge in [-0.25, -0.2) is 0 Å². The molecule has 26 heavy (non-hydrogen) atoms. The number of hydrogen-bond acceptors (Lipinski definition) is 2. The second-order valence-electron chi connectivity index (χ2n) is 6.82. The minimum absolute atomic E-state index is 0.0493. The molecule has 4 heteroatoms. The van der Waals surface area contributed by atoms with Crippen LogP contribution in [0.1, 0.15) is 40.4 Å². The van der Waals surface area contributed by atoms with Gasteiger partial charge in [0, 0.05) is 25.1 Å². The Kier molecular flexibility index (Phi) is 5.52. The number of rotatable bonds is 6. The first kappa shape index (κ1) is 17.9. The van der Waals surface area contributed by atoms with E-state index in [4.69, 9.17) is 0 Å². The van der Waals surface area contributed by atoms with Crippen molar-refractivity contribution in [2.45, 2.75) is 32.7 Å². The van der Waals surface area contributed by atoms with Crippen molar-refractivity contribution in [1.29, 1.82) is 0 Å². The Hall–Kier alpha value is -2.88. The number of aryl methyl sites for hydroxylation is 2. The van der Waals surface area contributed by atoms with Crippen molar-refractivity contribution in [3.05, 3.63) is 88.7 Å². The average Bonchev–Trinajstić information content (AvgIpc) is 3.05. The molecule has 4 nitrogen and oxygen atoms in total. The first-order valence-electron chi connectivity index (χ1n) is 8.90. The monoisotopic (exact) mass is 347 g/mol. The summed E-state index contributed by atoms with van der Waals surface area (Å²) in [4.78, 5) is 14.7. The Labute approximate surface area is 154 Å². The van der Waals surface area contributed by atoms with Crippen molar-refractivity contribution in [1.82, 2.24) is 15.1 Å². The van der Waals surface area contributed by atoms with Crippen LogP contribution in [0.3, 0.4) is 0 Å². The van der Waals surface area contributed by atoms with Crippen LogP contribution in [0, 0.1) is 13.8 Å². The third-order valence-electron chi connectivity index (χ3n) is 4.73. The molecule has 3 rings (SSSR count). The van der Waals surface area contributed by atoms with Gasteiger partial charge in [-0.15, -0.1) is 0 Å². The second kappa shape index (κ2) is 8.00. The van der Waals surface area contributed by atoms with Crippen LogP contribution in [-0.2, 0) is 11.3 Å². The number of aromatic nitrogens is 2. The molecule has 3 aromatic rings. The molecule has 1 amide bonds. The standard InChI is InChI=1S/C22H25N3O/c1-16-9-7-8-12-20(16)21(18-10-5-4-6-11-18)14-22(26)25(3)15-19-13-17(2)23-24-19/h4-13,21H,14-15H2,1-3H3,(H,23,24)/t21-/m0/s1. The van der Waals surface area contributed by atoms with Gasteiger partial charge in [0.25, 0.3) is 0 Å². The first-order valence-corrected chi connectivity index (χ1v) is 8.90. The SMILES string of the molecule is Cc1cc(CN(C)C(=O)C[C@@H](c2ccccc2)c2ccccc2C)n[nH]1. The molecule has 0 fully saturated rings.